The largest absolute Gasteiger partial charge is 0.345 e. The van der Waals surface area contributed by atoms with E-state index >= 15 is 0 Å². The van der Waals surface area contributed by atoms with Gasteiger partial charge in [-0.25, -0.2) is 9.48 Å². The molecule has 0 aliphatic carbocycles. The fourth-order valence-corrected chi connectivity index (χ4v) is 4.22. The van der Waals surface area contributed by atoms with Crippen LogP contribution in [-0.4, -0.2) is 38.2 Å². The van der Waals surface area contributed by atoms with E-state index in [0.717, 1.165) is 41.5 Å². The Balaban J connectivity index is 1.65. The monoisotopic (exact) mass is 378 g/mol. The van der Waals surface area contributed by atoms with Crippen LogP contribution >= 0.6 is 0 Å². The van der Waals surface area contributed by atoms with Crippen molar-refractivity contribution in [2.24, 2.45) is 7.05 Å². The second-order valence-electron chi connectivity index (χ2n) is 7.85. The number of piperidine rings is 1. The van der Waals surface area contributed by atoms with E-state index in [1.54, 1.807) is 11.6 Å². The molecule has 1 saturated heterocycles. The van der Waals surface area contributed by atoms with Gasteiger partial charge in [0.05, 0.1) is 0 Å². The molecule has 1 unspecified atom stereocenters. The highest BCUT2D eigenvalue weighted by atomic mass is 16.2. The van der Waals surface area contributed by atoms with Gasteiger partial charge in [0.1, 0.15) is 5.82 Å². The smallest absolute Gasteiger partial charge is 0.338 e. The Bertz CT molecular complexity index is 1070. The third kappa shape index (κ3) is 3.13. The molecule has 6 nitrogen and oxygen atoms in total. The van der Waals surface area contributed by atoms with Crippen molar-refractivity contribution in [2.45, 2.75) is 38.6 Å². The number of carbonyl (C=O) groups is 1. The minimum atomic E-state index is -0.0949. The molecule has 0 saturated carbocycles. The second kappa shape index (κ2) is 7.26. The Labute approximate surface area is 164 Å². The van der Waals surface area contributed by atoms with Crippen molar-refractivity contribution in [2.75, 3.05) is 13.1 Å². The molecule has 0 radical (unpaired) electrons. The molecule has 2 heterocycles. The molecule has 3 aromatic rings. The van der Waals surface area contributed by atoms with Gasteiger partial charge in [-0.05, 0) is 43.5 Å². The lowest BCUT2D eigenvalue weighted by atomic mass is 9.95. The van der Waals surface area contributed by atoms with Crippen LogP contribution in [0.15, 0.2) is 47.3 Å². The highest BCUT2D eigenvalue weighted by Crippen LogP contribution is 2.28. The van der Waals surface area contributed by atoms with E-state index in [1.807, 2.05) is 61.2 Å². The number of hydrogen-bond acceptors (Lipinski definition) is 3. The van der Waals surface area contributed by atoms with Crippen LogP contribution in [0.3, 0.4) is 0 Å². The number of rotatable bonds is 3. The summed E-state index contributed by atoms with van der Waals surface area (Å²) in [5.41, 5.74) is 0.642. The Hall–Kier alpha value is -2.89. The van der Waals surface area contributed by atoms with Gasteiger partial charge < -0.3 is 4.90 Å². The zero-order chi connectivity index (χ0) is 19.8. The molecule has 6 heteroatoms. The van der Waals surface area contributed by atoms with E-state index in [1.165, 1.54) is 4.68 Å². The van der Waals surface area contributed by atoms with Crippen LogP contribution in [-0.2, 0) is 7.05 Å². The zero-order valence-corrected chi connectivity index (χ0v) is 16.6. The number of likely N-dealkylation sites (tertiary alicyclic amines) is 1. The Kier molecular flexibility index (Phi) is 4.79. The number of benzene rings is 2. The highest BCUT2D eigenvalue weighted by Gasteiger charge is 2.30. The van der Waals surface area contributed by atoms with Crippen LogP contribution in [0.2, 0.25) is 0 Å². The van der Waals surface area contributed by atoms with E-state index in [-0.39, 0.29) is 23.6 Å². The summed E-state index contributed by atoms with van der Waals surface area (Å²) in [5, 5.41) is 6.55. The molecule has 2 aromatic carbocycles. The zero-order valence-electron chi connectivity index (χ0n) is 16.6. The molecule has 4 rings (SSSR count). The third-order valence-electron chi connectivity index (χ3n) is 5.59. The van der Waals surface area contributed by atoms with Crippen molar-refractivity contribution >= 4 is 16.7 Å². The first-order valence-electron chi connectivity index (χ1n) is 9.90. The first-order valence-corrected chi connectivity index (χ1v) is 9.90. The van der Waals surface area contributed by atoms with Crippen LogP contribution < -0.4 is 5.69 Å². The van der Waals surface area contributed by atoms with Crippen molar-refractivity contribution < 1.29 is 4.79 Å². The Morgan fingerprint density at radius 2 is 1.89 bits per heavy atom. The van der Waals surface area contributed by atoms with Crippen LogP contribution in [0.25, 0.3) is 10.8 Å². The number of hydrogen-bond donors (Lipinski definition) is 0. The molecule has 0 spiro atoms. The summed E-state index contributed by atoms with van der Waals surface area (Å²) in [4.78, 5) is 27.7. The number of aryl methyl sites for hydroxylation is 1. The molecule has 28 heavy (non-hydrogen) atoms. The second-order valence-corrected chi connectivity index (χ2v) is 7.85. The lowest BCUT2D eigenvalue weighted by molar-refractivity contribution is 0.0705. The predicted molar refractivity (Wildman–Crippen MR) is 110 cm³/mol. The number of nitrogens with zero attached hydrogens (tertiary/aromatic N) is 4. The lowest BCUT2D eigenvalue weighted by Crippen LogP contribution is -2.40. The molecule has 0 bridgehead atoms. The van der Waals surface area contributed by atoms with E-state index in [9.17, 15) is 9.59 Å². The molecule has 1 aliphatic heterocycles. The third-order valence-corrected chi connectivity index (χ3v) is 5.59. The van der Waals surface area contributed by atoms with E-state index in [0.29, 0.717) is 6.54 Å². The molecule has 1 aliphatic rings. The fourth-order valence-electron chi connectivity index (χ4n) is 4.22. The average Bonchev–Trinajstić information content (AvgIpc) is 3.02. The van der Waals surface area contributed by atoms with Gasteiger partial charge in [-0.2, -0.15) is 5.10 Å². The van der Waals surface area contributed by atoms with E-state index in [2.05, 4.69) is 5.10 Å². The summed E-state index contributed by atoms with van der Waals surface area (Å²) in [6, 6.07) is 13.9. The topological polar surface area (TPSA) is 60.1 Å². The van der Waals surface area contributed by atoms with Gasteiger partial charge in [0.15, 0.2) is 0 Å². The van der Waals surface area contributed by atoms with Crippen LogP contribution in [0.5, 0.6) is 0 Å². The van der Waals surface area contributed by atoms with Crippen LogP contribution in [0.4, 0.5) is 0 Å². The first-order chi connectivity index (χ1) is 13.5. The molecule has 1 aromatic heterocycles. The molecule has 1 atom stereocenters. The van der Waals surface area contributed by atoms with Gasteiger partial charge in [-0.1, -0.05) is 36.4 Å². The minimum Gasteiger partial charge on any atom is -0.338 e. The van der Waals surface area contributed by atoms with E-state index in [4.69, 9.17) is 0 Å². The molecule has 0 N–H and O–H groups in total. The average molecular weight is 378 g/mol. The van der Waals surface area contributed by atoms with Crippen molar-refractivity contribution in [3.05, 3.63) is 64.3 Å². The summed E-state index contributed by atoms with van der Waals surface area (Å²) < 4.78 is 3.16. The number of carbonyl (C=O) groups excluding carboxylic acids is 1. The predicted octanol–water partition coefficient (Wildman–Crippen LogP) is 3.34. The van der Waals surface area contributed by atoms with Crippen molar-refractivity contribution in [3.8, 4) is 0 Å². The molecular weight excluding hydrogens is 352 g/mol. The summed E-state index contributed by atoms with van der Waals surface area (Å²) in [5.74, 6) is 0.915. The SMILES string of the molecule is CC(C)n1c(C2CCCN(C(=O)c3cccc4ccccc34)C2)nn(C)c1=O. The summed E-state index contributed by atoms with van der Waals surface area (Å²) >= 11 is 0. The summed E-state index contributed by atoms with van der Waals surface area (Å²) in [6.07, 6.45) is 1.84. The Morgan fingerprint density at radius 3 is 2.68 bits per heavy atom. The van der Waals surface area contributed by atoms with Gasteiger partial charge in [-0.15, -0.1) is 0 Å². The summed E-state index contributed by atoms with van der Waals surface area (Å²) in [6.45, 7) is 5.31. The van der Waals surface area contributed by atoms with E-state index < -0.39 is 0 Å². The van der Waals surface area contributed by atoms with Crippen LogP contribution in [0, 0.1) is 0 Å². The van der Waals surface area contributed by atoms with Crippen molar-refractivity contribution in [3.63, 3.8) is 0 Å². The molecular formula is C22H26N4O2. The molecule has 1 fully saturated rings. The van der Waals surface area contributed by atoms with Crippen molar-refractivity contribution in [1.29, 1.82) is 0 Å². The number of aromatic nitrogens is 3. The number of fused-ring (bicyclic) bond motifs is 1. The molecule has 146 valence electrons. The first kappa shape index (κ1) is 18.5. The quantitative estimate of drug-likeness (QED) is 0.702. The Morgan fingerprint density at radius 1 is 1.14 bits per heavy atom. The minimum absolute atomic E-state index is 0.0420. The van der Waals surface area contributed by atoms with Gasteiger partial charge in [0, 0.05) is 37.7 Å². The number of amides is 1. The van der Waals surface area contributed by atoms with Crippen molar-refractivity contribution in [1.82, 2.24) is 19.2 Å². The highest BCUT2D eigenvalue weighted by molar-refractivity contribution is 6.07. The maximum Gasteiger partial charge on any atom is 0.345 e. The summed E-state index contributed by atoms with van der Waals surface area (Å²) in [7, 11) is 1.69. The lowest BCUT2D eigenvalue weighted by Gasteiger charge is -2.33. The maximum absolute atomic E-state index is 13.3. The van der Waals surface area contributed by atoms with Gasteiger partial charge in [-0.3, -0.25) is 9.36 Å². The standard InChI is InChI=1S/C22H26N4O2/c1-15(2)26-20(23-24(3)22(26)28)17-10-7-13-25(14-17)21(27)19-12-6-9-16-8-4-5-11-18(16)19/h4-6,8-9,11-12,15,17H,7,10,13-14H2,1-3H3. The van der Waals surface area contributed by atoms with Gasteiger partial charge >= 0.3 is 5.69 Å². The maximum atomic E-state index is 13.3. The fraction of sp³-hybridized carbons (Fsp3) is 0.409. The van der Waals surface area contributed by atoms with Gasteiger partial charge in [0.25, 0.3) is 5.91 Å². The normalized spacial score (nSPS) is 17.4. The van der Waals surface area contributed by atoms with Gasteiger partial charge in [0.2, 0.25) is 0 Å². The van der Waals surface area contributed by atoms with Crippen LogP contribution in [0.1, 0.15) is 54.8 Å². The molecule has 1 amide bonds.